The van der Waals surface area contributed by atoms with Crippen LogP contribution in [0.1, 0.15) is 12.5 Å². The molecule has 13 heavy (non-hydrogen) atoms. The summed E-state index contributed by atoms with van der Waals surface area (Å²) in [6.07, 6.45) is 0. The highest BCUT2D eigenvalue weighted by Gasteiger charge is 1.97. The van der Waals surface area contributed by atoms with Crippen LogP contribution in [0, 0.1) is 11.8 Å². The average molecular weight is 215 g/mol. The van der Waals surface area contributed by atoms with Crippen LogP contribution in [-0.2, 0) is 9.53 Å². The van der Waals surface area contributed by atoms with Crippen LogP contribution in [0.15, 0.2) is 11.4 Å². The van der Waals surface area contributed by atoms with Gasteiger partial charge in [0.2, 0.25) is 0 Å². The third kappa shape index (κ3) is 3.10. The van der Waals surface area contributed by atoms with E-state index in [4.69, 9.17) is 11.6 Å². The van der Waals surface area contributed by atoms with Gasteiger partial charge in [-0.05, 0) is 18.4 Å². The van der Waals surface area contributed by atoms with Crippen LogP contribution >= 0.6 is 22.9 Å². The van der Waals surface area contributed by atoms with Gasteiger partial charge >= 0.3 is 5.97 Å². The highest BCUT2D eigenvalue weighted by atomic mass is 35.5. The molecule has 1 aromatic rings. The number of rotatable bonds is 1. The number of hydrogen-bond donors (Lipinski definition) is 0. The summed E-state index contributed by atoms with van der Waals surface area (Å²) in [7, 11) is 0. The van der Waals surface area contributed by atoms with Crippen molar-refractivity contribution in [1.82, 2.24) is 0 Å². The highest BCUT2D eigenvalue weighted by Crippen LogP contribution is 2.21. The van der Waals surface area contributed by atoms with E-state index in [2.05, 4.69) is 16.6 Å². The molecule has 0 unspecified atom stereocenters. The molecule has 0 aromatic carbocycles. The molecule has 0 aliphatic heterocycles. The molecule has 68 valence electrons. The van der Waals surface area contributed by atoms with E-state index in [1.165, 1.54) is 11.3 Å². The van der Waals surface area contributed by atoms with E-state index in [1.807, 2.05) is 5.38 Å². The van der Waals surface area contributed by atoms with Gasteiger partial charge in [-0.25, -0.2) is 4.79 Å². The predicted octanol–water partition coefficient (Wildman–Crippen LogP) is 2.32. The zero-order chi connectivity index (χ0) is 9.68. The number of thiophene rings is 1. The van der Waals surface area contributed by atoms with Gasteiger partial charge in [-0.15, -0.1) is 11.3 Å². The second-order valence-electron chi connectivity index (χ2n) is 2.08. The zero-order valence-corrected chi connectivity index (χ0v) is 8.54. The van der Waals surface area contributed by atoms with Crippen LogP contribution < -0.4 is 0 Å². The molecule has 0 aliphatic carbocycles. The normalized spacial score (nSPS) is 8.77. The standard InChI is InChI=1S/C9H7ClO2S/c1-2-12-8(11)4-3-7-5-6-13-9(7)10/h5-6H,2H2,1H3. The molecule has 1 rings (SSSR count). The van der Waals surface area contributed by atoms with Crippen molar-refractivity contribution in [3.05, 3.63) is 21.3 Å². The lowest BCUT2D eigenvalue weighted by Crippen LogP contribution is -1.99. The lowest BCUT2D eigenvalue weighted by molar-refractivity contribution is -0.136. The van der Waals surface area contributed by atoms with Gasteiger partial charge < -0.3 is 4.74 Å². The van der Waals surface area contributed by atoms with E-state index in [0.29, 0.717) is 16.5 Å². The minimum Gasteiger partial charge on any atom is -0.456 e. The molecule has 1 aromatic heterocycles. The Morgan fingerprint density at radius 1 is 1.77 bits per heavy atom. The monoisotopic (exact) mass is 214 g/mol. The van der Waals surface area contributed by atoms with Crippen molar-refractivity contribution in [2.24, 2.45) is 0 Å². The Bertz CT molecular complexity index is 359. The molecule has 0 fully saturated rings. The molecule has 0 radical (unpaired) electrons. The molecule has 1 heterocycles. The van der Waals surface area contributed by atoms with Crippen molar-refractivity contribution in [2.45, 2.75) is 6.92 Å². The Labute approximate surface area is 85.5 Å². The molecule has 0 N–H and O–H groups in total. The van der Waals surface area contributed by atoms with Gasteiger partial charge in [0.25, 0.3) is 0 Å². The molecule has 0 spiro atoms. The summed E-state index contributed by atoms with van der Waals surface area (Å²) in [6, 6.07) is 1.76. The molecule has 0 aliphatic rings. The first-order valence-electron chi connectivity index (χ1n) is 3.65. The fraction of sp³-hybridized carbons (Fsp3) is 0.222. The van der Waals surface area contributed by atoms with Gasteiger partial charge in [0.05, 0.1) is 12.2 Å². The second-order valence-corrected chi connectivity index (χ2v) is 3.60. The fourth-order valence-electron chi connectivity index (χ4n) is 0.667. The van der Waals surface area contributed by atoms with E-state index in [0.717, 1.165) is 0 Å². The van der Waals surface area contributed by atoms with Crippen molar-refractivity contribution in [3.8, 4) is 11.8 Å². The van der Waals surface area contributed by atoms with Crippen LogP contribution in [0.25, 0.3) is 0 Å². The molecule has 2 nitrogen and oxygen atoms in total. The van der Waals surface area contributed by atoms with Crippen LogP contribution in [0.3, 0.4) is 0 Å². The average Bonchev–Trinajstić information content (AvgIpc) is 2.48. The Kier molecular flexibility index (Phi) is 3.81. The molecular formula is C9H7ClO2S. The number of ether oxygens (including phenoxy) is 1. The third-order valence-corrected chi connectivity index (χ3v) is 2.36. The number of esters is 1. The molecular weight excluding hydrogens is 208 g/mol. The van der Waals surface area contributed by atoms with Crippen molar-refractivity contribution in [3.63, 3.8) is 0 Å². The number of halogens is 1. The summed E-state index contributed by atoms with van der Waals surface area (Å²) < 4.78 is 5.22. The van der Waals surface area contributed by atoms with Crippen LogP contribution in [0.4, 0.5) is 0 Å². The minimum absolute atomic E-state index is 0.338. The first-order chi connectivity index (χ1) is 6.24. The van der Waals surface area contributed by atoms with Gasteiger partial charge in [-0.2, -0.15) is 0 Å². The summed E-state index contributed by atoms with van der Waals surface area (Å²) in [4.78, 5) is 10.8. The van der Waals surface area contributed by atoms with Crippen molar-refractivity contribution < 1.29 is 9.53 Å². The number of carbonyl (C=O) groups excluding carboxylic acids is 1. The molecule has 0 saturated carbocycles. The quantitative estimate of drug-likeness (QED) is 0.530. The van der Waals surface area contributed by atoms with Gasteiger partial charge in [0, 0.05) is 5.92 Å². The second kappa shape index (κ2) is 4.90. The largest absolute Gasteiger partial charge is 0.456 e. The maximum atomic E-state index is 10.8. The minimum atomic E-state index is -0.523. The highest BCUT2D eigenvalue weighted by molar-refractivity contribution is 7.14. The van der Waals surface area contributed by atoms with E-state index in [-0.39, 0.29) is 0 Å². The predicted molar refractivity (Wildman–Crippen MR) is 52.8 cm³/mol. The number of carbonyl (C=O) groups is 1. The molecule has 0 saturated heterocycles. The molecule has 0 atom stereocenters. The molecule has 0 amide bonds. The number of hydrogen-bond acceptors (Lipinski definition) is 3. The smallest absolute Gasteiger partial charge is 0.384 e. The van der Waals surface area contributed by atoms with Crippen LogP contribution in [0.2, 0.25) is 4.34 Å². The van der Waals surface area contributed by atoms with E-state index in [9.17, 15) is 4.79 Å². The maximum Gasteiger partial charge on any atom is 0.384 e. The Morgan fingerprint density at radius 3 is 3.08 bits per heavy atom. The first-order valence-corrected chi connectivity index (χ1v) is 4.91. The van der Waals surface area contributed by atoms with Gasteiger partial charge in [-0.3, -0.25) is 0 Å². The van der Waals surface area contributed by atoms with Crippen molar-refractivity contribution in [2.75, 3.05) is 6.61 Å². The zero-order valence-electron chi connectivity index (χ0n) is 6.96. The third-order valence-electron chi connectivity index (χ3n) is 1.19. The van der Waals surface area contributed by atoms with Gasteiger partial charge in [-0.1, -0.05) is 17.5 Å². The first kappa shape index (κ1) is 10.1. The Morgan fingerprint density at radius 2 is 2.54 bits per heavy atom. The summed E-state index contributed by atoms with van der Waals surface area (Å²) in [6.45, 7) is 2.07. The summed E-state index contributed by atoms with van der Waals surface area (Å²) in [5, 5.41) is 1.82. The lowest BCUT2D eigenvalue weighted by Gasteiger charge is -1.90. The van der Waals surface area contributed by atoms with Crippen LogP contribution in [0.5, 0.6) is 0 Å². The van der Waals surface area contributed by atoms with E-state index < -0.39 is 5.97 Å². The Hall–Kier alpha value is -0.980. The van der Waals surface area contributed by atoms with Crippen molar-refractivity contribution in [1.29, 1.82) is 0 Å². The van der Waals surface area contributed by atoms with Gasteiger partial charge in [0.15, 0.2) is 0 Å². The van der Waals surface area contributed by atoms with E-state index in [1.54, 1.807) is 13.0 Å². The summed E-state index contributed by atoms with van der Waals surface area (Å²) in [5.74, 6) is 4.45. The summed E-state index contributed by atoms with van der Waals surface area (Å²) >= 11 is 7.14. The van der Waals surface area contributed by atoms with Crippen LogP contribution in [-0.4, -0.2) is 12.6 Å². The Balaban J connectivity index is 2.67. The summed E-state index contributed by atoms with van der Waals surface area (Å²) in [5.41, 5.74) is 0.666. The topological polar surface area (TPSA) is 26.3 Å². The lowest BCUT2D eigenvalue weighted by atomic mass is 10.3. The van der Waals surface area contributed by atoms with E-state index >= 15 is 0 Å². The molecule has 4 heteroatoms. The van der Waals surface area contributed by atoms with Gasteiger partial charge in [0.1, 0.15) is 4.34 Å². The molecule has 0 bridgehead atoms. The maximum absolute atomic E-state index is 10.8. The van der Waals surface area contributed by atoms with Crippen molar-refractivity contribution >= 4 is 28.9 Å². The SMILES string of the molecule is CCOC(=O)C#Cc1ccsc1Cl. The fourth-order valence-corrected chi connectivity index (χ4v) is 1.50.